The molecule has 1 aliphatic heterocycles. The van der Waals surface area contributed by atoms with E-state index in [4.69, 9.17) is 4.98 Å². The molecule has 1 aliphatic carbocycles. The van der Waals surface area contributed by atoms with E-state index < -0.39 is 0 Å². The maximum absolute atomic E-state index is 13.5. The van der Waals surface area contributed by atoms with Crippen LogP contribution in [0.1, 0.15) is 34.5 Å². The lowest BCUT2D eigenvalue weighted by molar-refractivity contribution is 0.0747. The number of aryl methyl sites for hydroxylation is 1. The van der Waals surface area contributed by atoms with Gasteiger partial charge in [-0.1, -0.05) is 18.2 Å². The molecule has 5 rings (SSSR count). The van der Waals surface area contributed by atoms with Gasteiger partial charge in [-0.15, -0.1) is 11.3 Å². The maximum atomic E-state index is 13.5. The SMILES string of the molecule is O=C(c1c2c(nc3ccccc13)CCCC2)N1CCN(c2nccs2)CC1. The van der Waals surface area contributed by atoms with Gasteiger partial charge in [0.2, 0.25) is 0 Å². The first-order valence-corrected chi connectivity index (χ1v) is 10.5. The largest absolute Gasteiger partial charge is 0.345 e. The number of para-hydroxylation sites is 1. The normalized spacial score (nSPS) is 17.2. The Morgan fingerprint density at radius 1 is 1.04 bits per heavy atom. The third-order valence-corrected chi connectivity index (χ3v) is 6.47. The van der Waals surface area contributed by atoms with Crippen LogP contribution >= 0.6 is 11.3 Å². The molecule has 2 aromatic heterocycles. The van der Waals surface area contributed by atoms with E-state index >= 15 is 0 Å². The predicted molar refractivity (Wildman–Crippen MR) is 109 cm³/mol. The van der Waals surface area contributed by atoms with Crippen molar-refractivity contribution in [2.75, 3.05) is 31.1 Å². The first kappa shape index (κ1) is 16.7. The summed E-state index contributed by atoms with van der Waals surface area (Å²) in [6.07, 6.45) is 6.10. The number of hydrogen-bond donors (Lipinski definition) is 0. The summed E-state index contributed by atoms with van der Waals surface area (Å²) in [6.45, 7) is 3.16. The summed E-state index contributed by atoms with van der Waals surface area (Å²) in [5.74, 6) is 0.172. The van der Waals surface area contributed by atoms with Crippen LogP contribution in [0.2, 0.25) is 0 Å². The lowest BCUT2D eigenvalue weighted by Gasteiger charge is -2.35. The number of hydrogen-bond acceptors (Lipinski definition) is 5. The minimum Gasteiger partial charge on any atom is -0.345 e. The number of aromatic nitrogens is 2. The molecule has 0 bridgehead atoms. The Morgan fingerprint density at radius 3 is 2.67 bits per heavy atom. The number of piperazine rings is 1. The average molecular weight is 379 g/mol. The Hall–Kier alpha value is -2.47. The number of anilines is 1. The van der Waals surface area contributed by atoms with Gasteiger partial charge in [0.05, 0.1) is 11.1 Å². The third-order valence-electron chi connectivity index (χ3n) is 5.64. The summed E-state index contributed by atoms with van der Waals surface area (Å²) in [7, 11) is 0. The zero-order valence-corrected chi connectivity index (χ0v) is 16.0. The van der Waals surface area contributed by atoms with Crippen molar-refractivity contribution < 1.29 is 4.79 Å². The van der Waals surface area contributed by atoms with Crippen molar-refractivity contribution in [3.63, 3.8) is 0 Å². The van der Waals surface area contributed by atoms with E-state index in [2.05, 4.69) is 16.0 Å². The highest BCUT2D eigenvalue weighted by Gasteiger charge is 2.28. The monoisotopic (exact) mass is 378 g/mol. The number of benzene rings is 1. The van der Waals surface area contributed by atoms with Gasteiger partial charge in [-0.2, -0.15) is 0 Å². The second kappa shape index (κ2) is 6.93. The molecule has 1 aromatic carbocycles. The summed E-state index contributed by atoms with van der Waals surface area (Å²) in [5, 5.41) is 4.06. The van der Waals surface area contributed by atoms with E-state index in [0.29, 0.717) is 0 Å². The minimum absolute atomic E-state index is 0.172. The number of pyridine rings is 1. The Morgan fingerprint density at radius 2 is 1.85 bits per heavy atom. The molecule has 0 N–H and O–H groups in total. The Bertz CT molecular complexity index is 977. The smallest absolute Gasteiger partial charge is 0.255 e. The van der Waals surface area contributed by atoms with Crippen LogP contribution in [0.3, 0.4) is 0 Å². The van der Waals surface area contributed by atoms with Gasteiger partial charge in [0.25, 0.3) is 5.91 Å². The van der Waals surface area contributed by atoms with Crippen LogP contribution in [0.15, 0.2) is 35.8 Å². The second-order valence-electron chi connectivity index (χ2n) is 7.23. The molecule has 1 fully saturated rings. The lowest BCUT2D eigenvalue weighted by Crippen LogP contribution is -2.49. The Labute approximate surface area is 162 Å². The lowest BCUT2D eigenvalue weighted by atomic mass is 9.89. The van der Waals surface area contributed by atoms with Crippen molar-refractivity contribution >= 4 is 33.3 Å². The number of carbonyl (C=O) groups is 1. The standard InChI is InChI=1S/C21H22N4OS/c26-20(24-10-12-25(13-11-24)21-22-9-14-27-21)19-15-5-1-3-7-17(15)23-18-8-4-2-6-16(18)19/h1,3,5,7,9,14H,2,4,6,8,10-13H2. The van der Waals surface area contributed by atoms with E-state index in [1.54, 1.807) is 11.3 Å². The molecule has 0 radical (unpaired) electrons. The predicted octanol–water partition coefficient (Wildman–Crippen LogP) is 3.53. The van der Waals surface area contributed by atoms with Crippen LogP contribution in [-0.4, -0.2) is 47.0 Å². The van der Waals surface area contributed by atoms with E-state index in [-0.39, 0.29) is 5.91 Å². The number of carbonyl (C=O) groups excluding carboxylic acids is 1. The molecule has 1 amide bonds. The molecule has 1 saturated heterocycles. The van der Waals surface area contributed by atoms with Gasteiger partial charge in [-0.05, 0) is 37.3 Å². The van der Waals surface area contributed by atoms with Crippen molar-refractivity contribution in [3.05, 3.63) is 52.7 Å². The summed E-state index contributed by atoms with van der Waals surface area (Å²) in [5.41, 5.74) is 4.16. The number of rotatable bonds is 2. The average Bonchev–Trinajstić information content (AvgIpc) is 3.26. The first-order chi connectivity index (χ1) is 13.3. The Kier molecular flexibility index (Phi) is 4.28. The van der Waals surface area contributed by atoms with E-state index in [0.717, 1.165) is 72.7 Å². The molecule has 0 atom stereocenters. The molecule has 0 saturated carbocycles. The quantitative estimate of drug-likeness (QED) is 0.684. The molecule has 27 heavy (non-hydrogen) atoms. The molecular weight excluding hydrogens is 356 g/mol. The highest BCUT2D eigenvalue weighted by Crippen LogP contribution is 2.30. The van der Waals surface area contributed by atoms with E-state index in [1.807, 2.05) is 34.7 Å². The van der Waals surface area contributed by atoms with Gasteiger partial charge in [0.15, 0.2) is 5.13 Å². The van der Waals surface area contributed by atoms with Crippen LogP contribution in [0, 0.1) is 0 Å². The van der Waals surface area contributed by atoms with Gasteiger partial charge in [-0.25, -0.2) is 4.98 Å². The molecule has 5 nitrogen and oxygen atoms in total. The zero-order valence-electron chi connectivity index (χ0n) is 15.2. The van der Waals surface area contributed by atoms with Crippen LogP contribution in [-0.2, 0) is 12.8 Å². The second-order valence-corrected chi connectivity index (χ2v) is 8.10. The Balaban J connectivity index is 1.47. The van der Waals surface area contributed by atoms with Crippen molar-refractivity contribution in [1.29, 1.82) is 0 Å². The van der Waals surface area contributed by atoms with Crippen LogP contribution in [0.25, 0.3) is 10.9 Å². The fourth-order valence-corrected chi connectivity index (χ4v) is 4.94. The highest BCUT2D eigenvalue weighted by molar-refractivity contribution is 7.13. The van der Waals surface area contributed by atoms with Gasteiger partial charge in [0.1, 0.15) is 0 Å². The van der Waals surface area contributed by atoms with Crippen molar-refractivity contribution in [3.8, 4) is 0 Å². The van der Waals surface area contributed by atoms with Crippen molar-refractivity contribution in [1.82, 2.24) is 14.9 Å². The molecule has 3 aromatic rings. The number of nitrogens with zero attached hydrogens (tertiary/aromatic N) is 4. The number of amides is 1. The van der Waals surface area contributed by atoms with Crippen LogP contribution < -0.4 is 4.90 Å². The molecular formula is C21H22N4OS. The topological polar surface area (TPSA) is 49.3 Å². The first-order valence-electron chi connectivity index (χ1n) is 9.65. The molecule has 2 aliphatic rings. The number of fused-ring (bicyclic) bond motifs is 2. The molecule has 6 heteroatoms. The molecule has 0 spiro atoms. The zero-order chi connectivity index (χ0) is 18.2. The summed E-state index contributed by atoms with van der Waals surface area (Å²) >= 11 is 1.66. The fraction of sp³-hybridized carbons (Fsp3) is 0.381. The summed E-state index contributed by atoms with van der Waals surface area (Å²) < 4.78 is 0. The van der Waals surface area contributed by atoms with Gasteiger partial charge < -0.3 is 9.80 Å². The minimum atomic E-state index is 0.172. The van der Waals surface area contributed by atoms with Crippen LogP contribution in [0.5, 0.6) is 0 Å². The molecule has 0 unspecified atom stereocenters. The third kappa shape index (κ3) is 2.98. The highest BCUT2D eigenvalue weighted by atomic mass is 32.1. The fourth-order valence-electron chi connectivity index (χ4n) is 4.25. The molecule has 3 heterocycles. The van der Waals surface area contributed by atoms with Crippen LogP contribution in [0.4, 0.5) is 5.13 Å². The van der Waals surface area contributed by atoms with Gasteiger partial charge in [-0.3, -0.25) is 9.78 Å². The van der Waals surface area contributed by atoms with E-state index in [1.165, 1.54) is 12.0 Å². The van der Waals surface area contributed by atoms with Crippen molar-refractivity contribution in [2.24, 2.45) is 0 Å². The maximum Gasteiger partial charge on any atom is 0.255 e. The van der Waals surface area contributed by atoms with E-state index in [9.17, 15) is 4.79 Å². The van der Waals surface area contributed by atoms with Crippen molar-refractivity contribution in [2.45, 2.75) is 25.7 Å². The van der Waals surface area contributed by atoms with Gasteiger partial charge >= 0.3 is 0 Å². The number of thiazole rings is 1. The summed E-state index contributed by atoms with van der Waals surface area (Å²) in [6, 6.07) is 8.10. The molecule has 138 valence electrons. The van der Waals surface area contributed by atoms with Gasteiger partial charge in [0, 0.05) is 48.8 Å². The summed E-state index contributed by atoms with van der Waals surface area (Å²) in [4.78, 5) is 27.1.